The van der Waals surface area contributed by atoms with Gasteiger partial charge in [0.05, 0.1) is 6.20 Å². The first kappa shape index (κ1) is 25.8. The number of aryl methyl sites for hydroxylation is 1. The third kappa shape index (κ3) is 5.48. The Bertz CT molecular complexity index is 1560. The summed E-state index contributed by atoms with van der Waals surface area (Å²) in [5.74, 6) is 1.44. The molecule has 6 rings (SSSR count). The summed E-state index contributed by atoms with van der Waals surface area (Å²) in [4.78, 5) is 34.7. The van der Waals surface area contributed by atoms with E-state index < -0.39 is 0 Å². The quantitative estimate of drug-likeness (QED) is 0.347. The summed E-state index contributed by atoms with van der Waals surface area (Å²) in [6.07, 6.45) is 5.69. The molecule has 40 heavy (non-hydrogen) atoms. The average molecular weight is 539 g/mol. The van der Waals surface area contributed by atoms with Crippen LogP contribution in [0.15, 0.2) is 60.8 Å². The minimum atomic E-state index is 0.0143. The number of likely N-dealkylation sites (tertiary alicyclic amines) is 1. The van der Waals surface area contributed by atoms with Crippen LogP contribution >= 0.6 is 0 Å². The molecule has 2 aromatic carbocycles. The van der Waals surface area contributed by atoms with Crippen molar-refractivity contribution in [1.29, 1.82) is 0 Å². The number of hydrogen-bond acceptors (Lipinski definition) is 7. The lowest BCUT2D eigenvalue weighted by Gasteiger charge is -2.20. The molecule has 2 aromatic heterocycles. The van der Waals surface area contributed by atoms with E-state index >= 15 is 0 Å². The topological polar surface area (TPSA) is 107 Å². The summed E-state index contributed by atoms with van der Waals surface area (Å²) in [5, 5.41) is 14.5. The summed E-state index contributed by atoms with van der Waals surface area (Å²) >= 11 is 0. The molecule has 4 aromatic rings. The number of carbonyl (C=O) groups excluding carboxylic acids is 2. The molecule has 4 heterocycles. The van der Waals surface area contributed by atoms with Crippen molar-refractivity contribution in [3.05, 3.63) is 71.9 Å². The van der Waals surface area contributed by atoms with Gasteiger partial charge in [0, 0.05) is 59.8 Å². The predicted octanol–water partition coefficient (Wildman–Crippen LogP) is 4.66. The van der Waals surface area contributed by atoms with Crippen molar-refractivity contribution in [1.82, 2.24) is 24.4 Å². The van der Waals surface area contributed by atoms with Gasteiger partial charge in [0.25, 0.3) is 5.91 Å². The molecule has 0 radical (unpaired) electrons. The lowest BCUT2D eigenvalue weighted by Crippen LogP contribution is -2.34. The zero-order valence-corrected chi connectivity index (χ0v) is 22.9. The average Bonchev–Trinajstić information content (AvgIpc) is 3.59. The number of fused-ring (bicyclic) bond motifs is 3. The Hall–Kier alpha value is -4.44. The molecular formula is C30H34N8O2. The van der Waals surface area contributed by atoms with Gasteiger partial charge in [0.15, 0.2) is 5.65 Å². The molecule has 0 spiro atoms. The molecule has 2 aliphatic heterocycles. The number of likely N-dealkylation sites (N-methyl/N-ethyl adjacent to an activating group) is 1. The van der Waals surface area contributed by atoms with Crippen molar-refractivity contribution in [3.8, 4) is 0 Å². The van der Waals surface area contributed by atoms with Gasteiger partial charge in [-0.1, -0.05) is 12.1 Å². The number of aromatic nitrogens is 3. The molecule has 10 heteroatoms. The number of hydrogen-bond donors (Lipinski definition) is 3. The number of carbonyl (C=O) groups is 2. The molecule has 2 aliphatic rings. The Labute approximate surface area is 233 Å². The van der Waals surface area contributed by atoms with E-state index in [1.165, 1.54) is 0 Å². The number of nitrogens with one attached hydrogen (secondary N) is 3. The van der Waals surface area contributed by atoms with Crippen molar-refractivity contribution in [2.45, 2.75) is 38.1 Å². The smallest absolute Gasteiger partial charge is 0.253 e. The molecule has 3 N–H and O–H groups in total. The molecule has 10 nitrogen and oxygen atoms in total. The Balaban J connectivity index is 1.31. The highest BCUT2D eigenvalue weighted by Gasteiger charge is 2.28. The number of nitrogens with zero attached hydrogens (tertiary/aromatic N) is 5. The molecule has 1 fully saturated rings. The standard InChI is InChI=1S/C30H34N8O2/c1-36(2)25-13-14-37(19-25)30(40)20-8-5-9-22(15-20)33-27-17-26-32-23-10-6-11-24(16-23)34-28(39)12-4-3-7-21-18-31-38(27)29(21)35-26/h5-6,8-11,15-18,25,33H,3-4,7,12-14,19H2,1-2H3,(H,32,35)(H,34,39). The van der Waals surface area contributed by atoms with Gasteiger partial charge in [-0.3, -0.25) is 9.59 Å². The second-order valence-corrected chi connectivity index (χ2v) is 10.8. The Morgan fingerprint density at radius 3 is 2.65 bits per heavy atom. The van der Waals surface area contributed by atoms with E-state index in [1.807, 2.05) is 65.7 Å². The van der Waals surface area contributed by atoms with Crippen LogP contribution in [0.25, 0.3) is 5.65 Å². The lowest BCUT2D eigenvalue weighted by atomic mass is 10.1. The van der Waals surface area contributed by atoms with Crippen molar-refractivity contribution in [3.63, 3.8) is 0 Å². The first-order chi connectivity index (χ1) is 19.4. The van der Waals surface area contributed by atoms with E-state index in [4.69, 9.17) is 4.98 Å². The van der Waals surface area contributed by atoms with Crippen molar-refractivity contribution >= 4 is 46.2 Å². The van der Waals surface area contributed by atoms with Gasteiger partial charge < -0.3 is 25.8 Å². The number of rotatable bonds is 4. The summed E-state index contributed by atoms with van der Waals surface area (Å²) < 4.78 is 1.80. The predicted molar refractivity (Wildman–Crippen MR) is 157 cm³/mol. The second kappa shape index (κ2) is 11.0. The van der Waals surface area contributed by atoms with Crippen LogP contribution in [0.3, 0.4) is 0 Å². The number of benzene rings is 2. The van der Waals surface area contributed by atoms with E-state index in [2.05, 4.69) is 40.0 Å². The monoisotopic (exact) mass is 538 g/mol. The maximum absolute atomic E-state index is 13.3. The lowest BCUT2D eigenvalue weighted by molar-refractivity contribution is -0.116. The van der Waals surface area contributed by atoms with Crippen LogP contribution in [0.5, 0.6) is 0 Å². The molecule has 1 unspecified atom stereocenters. The van der Waals surface area contributed by atoms with E-state index in [0.717, 1.165) is 72.9 Å². The van der Waals surface area contributed by atoms with Crippen molar-refractivity contribution in [2.75, 3.05) is 43.1 Å². The van der Waals surface area contributed by atoms with Crippen LogP contribution in [0.1, 0.15) is 41.6 Å². The van der Waals surface area contributed by atoms with Gasteiger partial charge in [-0.2, -0.15) is 9.61 Å². The SMILES string of the molecule is CN(C)C1CCN(C(=O)c2cccc(Nc3cc4nc5c(cnn35)CCCCC(=O)Nc3cccc(c3)N4)c2)C1. The molecule has 0 saturated carbocycles. The maximum atomic E-state index is 13.3. The summed E-state index contributed by atoms with van der Waals surface area (Å²) in [6, 6.07) is 17.5. The molecule has 206 valence electrons. The van der Waals surface area contributed by atoms with Crippen LogP contribution in [-0.4, -0.2) is 69.4 Å². The van der Waals surface area contributed by atoms with E-state index in [1.54, 1.807) is 4.52 Å². The number of amides is 2. The van der Waals surface area contributed by atoms with E-state index in [0.29, 0.717) is 23.8 Å². The third-order valence-corrected chi connectivity index (χ3v) is 7.63. The highest BCUT2D eigenvalue weighted by molar-refractivity contribution is 5.95. The molecular weight excluding hydrogens is 504 g/mol. The highest BCUT2D eigenvalue weighted by atomic mass is 16.2. The van der Waals surface area contributed by atoms with Gasteiger partial charge in [0.2, 0.25) is 5.91 Å². The molecule has 2 amide bonds. The summed E-state index contributed by atoms with van der Waals surface area (Å²) in [6.45, 7) is 1.50. The Morgan fingerprint density at radius 1 is 1.02 bits per heavy atom. The van der Waals surface area contributed by atoms with Crippen LogP contribution in [-0.2, 0) is 11.2 Å². The van der Waals surface area contributed by atoms with Gasteiger partial charge in [0.1, 0.15) is 11.6 Å². The Kier molecular flexibility index (Phi) is 7.08. The van der Waals surface area contributed by atoms with Gasteiger partial charge >= 0.3 is 0 Å². The van der Waals surface area contributed by atoms with Crippen molar-refractivity contribution < 1.29 is 9.59 Å². The highest BCUT2D eigenvalue weighted by Crippen LogP contribution is 2.27. The fourth-order valence-electron chi connectivity index (χ4n) is 5.39. The fraction of sp³-hybridized carbons (Fsp3) is 0.333. The molecule has 1 atom stereocenters. The Morgan fingerprint density at radius 2 is 1.82 bits per heavy atom. The zero-order valence-electron chi connectivity index (χ0n) is 22.9. The molecule has 1 saturated heterocycles. The van der Waals surface area contributed by atoms with Crippen molar-refractivity contribution in [2.24, 2.45) is 0 Å². The summed E-state index contributed by atoms with van der Waals surface area (Å²) in [5.41, 5.74) is 4.78. The van der Waals surface area contributed by atoms with Crippen LogP contribution in [0.2, 0.25) is 0 Å². The van der Waals surface area contributed by atoms with E-state index in [9.17, 15) is 9.59 Å². The van der Waals surface area contributed by atoms with Crippen LogP contribution in [0, 0.1) is 0 Å². The minimum Gasteiger partial charge on any atom is -0.340 e. The van der Waals surface area contributed by atoms with Crippen LogP contribution in [0.4, 0.5) is 28.7 Å². The number of anilines is 5. The largest absolute Gasteiger partial charge is 0.340 e. The minimum absolute atomic E-state index is 0.0143. The first-order valence-corrected chi connectivity index (χ1v) is 13.8. The van der Waals surface area contributed by atoms with Gasteiger partial charge in [-0.05, 0) is 76.2 Å². The van der Waals surface area contributed by atoms with Crippen LogP contribution < -0.4 is 16.0 Å². The molecule has 0 aliphatic carbocycles. The fourth-order valence-corrected chi connectivity index (χ4v) is 5.39. The van der Waals surface area contributed by atoms with Gasteiger partial charge in [-0.15, -0.1) is 0 Å². The van der Waals surface area contributed by atoms with E-state index in [-0.39, 0.29) is 11.8 Å². The normalized spacial score (nSPS) is 17.5. The maximum Gasteiger partial charge on any atom is 0.253 e. The summed E-state index contributed by atoms with van der Waals surface area (Å²) in [7, 11) is 4.12. The molecule has 4 bridgehead atoms. The first-order valence-electron chi connectivity index (χ1n) is 13.8. The third-order valence-electron chi connectivity index (χ3n) is 7.63. The second-order valence-electron chi connectivity index (χ2n) is 10.8. The zero-order chi connectivity index (χ0) is 27.6. The van der Waals surface area contributed by atoms with Gasteiger partial charge in [-0.25, -0.2) is 4.98 Å².